The molecular formula is C18H18N2O3S. The van der Waals surface area contributed by atoms with Gasteiger partial charge in [-0.05, 0) is 35.7 Å². The summed E-state index contributed by atoms with van der Waals surface area (Å²) in [6, 6.07) is 10.8. The largest absolute Gasteiger partial charge is 0.497 e. The second kappa shape index (κ2) is 6.88. The number of nitrogens with one attached hydrogen (secondary N) is 1. The number of aromatic nitrogens is 1. The Labute approximate surface area is 144 Å². The molecule has 124 valence electrons. The van der Waals surface area contributed by atoms with Crippen molar-refractivity contribution in [3.63, 3.8) is 0 Å². The minimum absolute atomic E-state index is 0.133. The van der Waals surface area contributed by atoms with Crippen LogP contribution in [0.15, 0.2) is 46.2 Å². The zero-order valence-electron chi connectivity index (χ0n) is 13.7. The molecule has 0 aliphatic carbocycles. The molecule has 0 aliphatic rings. The lowest BCUT2D eigenvalue weighted by Crippen LogP contribution is -2.12. The van der Waals surface area contributed by atoms with Crippen LogP contribution in [-0.2, 0) is 0 Å². The van der Waals surface area contributed by atoms with Gasteiger partial charge in [0.05, 0.1) is 12.0 Å². The Hall–Kier alpha value is -2.60. The SMILES string of the molecule is COc1ccc(C(=O)Nc2oc(-c3cccs3)nc2C(C)C)cc1. The van der Waals surface area contributed by atoms with E-state index in [1.54, 1.807) is 42.7 Å². The number of carbonyl (C=O) groups is 1. The van der Waals surface area contributed by atoms with Crippen molar-refractivity contribution in [2.45, 2.75) is 19.8 Å². The van der Waals surface area contributed by atoms with Crippen LogP contribution in [-0.4, -0.2) is 18.0 Å². The van der Waals surface area contributed by atoms with Gasteiger partial charge in [-0.15, -0.1) is 11.3 Å². The number of carbonyl (C=O) groups excluding carboxylic acids is 1. The number of ether oxygens (including phenoxy) is 1. The van der Waals surface area contributed by atoms with Gasteiger partial charge < -0.3 is 9.15 Å². The Balaban J connectivity index is 1.86. The zero-order chi connectivity index (χ0) is 17.1. The molecule has 0 saturated heterocycles. The Morgan fingerprint density at radius 1 is 1.25 bits per heavy atom. The van der Waals surface area contributed by atoms with Crippen molar-refractivity contribution in [3.05, 3.63) is 53.0 Å². The molecule has 1 N–H and O–H groups in total. The fourth-order valence-corrected chi connectivity index (χ4v) is 2.89. The molecule has 0 bridgehead atoms. The monoisotopic (exact) mass is 342 g/mol. The third-order valence-electron chi connectivity index (χ3n) is 3.51. The number of benzene rings is 1. The number of hydrogen-bond acceptors (Lipinski definition) is 5. The molecule has 2 aromatic heterocycles. The lowest BCUT2D eigenvalue weighted by Gasteiger charge is -2.06. The number of nitrogens with zero attached hydrogens (tertiary/aromatic N) is 1. The number of methoxy groups -OCH3 is 1. The van der Waals surface area contributed by atoms with Crippen molar-refractivity contribution >= 4 is 23.1 Å². The van der Waals surface area contributed by atoms with Gasteiger partial charge in [0.2, 0.25) is 11.8 Å². The molecule has 0 radical (unpaired) electrons. The molecule has 0 spiro atoms. The molecule has 0 unspecified atom stereocenters. The topological polar surface area (TPSA) is 64.4 Å². The molecule has 3 rings (SSSR count). The number of oxazole rings is 1. The van der Waals surface area contributed by atoms with Crippen molar-refractivity contribution in [2.24, 2.45) is 0 Å². The van der Waals surface area contributed by atoms with E-state index in [0.29, 0.717) is 23.1 Å². The predicted octanol–water partition coefficient (Wildman–Crippen LogP) is 4.79. The third-order valence-corrected chi connectivity index (χ3v) is 4.37. The van der Waals surface area contributed by atoms with Gasteiger partial charge in [0.25, 0.3) is 5.91 Å². The summed E-state index contributed by atoms with van der Waals surface area (Å²) >= 11 is 1.55. The summed E-state index contributed by atoms with van der Waals surface area (Å²) in [6.07, 6.45) is 0. The second-order valence-electron chi connectivity index (χ2n) is 5.55. The first kappa shape index (κ1) is 16.3. The Kier molecular flexibility index (Phi) is 4.66. The van der Waals surface area contributed by atoms with Crippen molar-refractivity contribution in [1.29, 1.82) is 0 Å². The van der Waals surface area contributed by atoms with Crippen molar-refractivity contribution in [3.8, 4) is 16.5 Å². The summed E-state index contributed by atoms with van der Waals surface area (Å²) in [6.45, 7) is 4.03. The van der Waals surface area contributed by atoms with E-state index in [9.17, 15) is 4.79 Å². The average Bonchev–Trinajstić information content (AvgIpc) is 3.24. The van der Waals surface area contributed by atoms with Crippen LogP contribution in [0.1, 0.15) is 35.8 Å². The van der Waals surface area contributed by atoms with E-state index < -0.39 is 0 Å². The van der Waals surface area contributed by atoms with E-state index in [4.69, 9.17) is 9.15 Å². The fourth-order valence-electron chi connectivity index (χ4n) is 2.24. The normalized spacial score (nSPS) is 10.8. The highest BCUT2D eigenvalue weighted by Gasteiger charge is 2.20. The van der Waals surface area contributed by atoms with E-state index in [0.717, 1.165) is 10.6 Å². The second-order valence-corrected chi connectivity index (χ2v) is 6.50. The van der Waals surface area contributed by atoms with Crippen molar-refractivity contribution in [2.75, 3.05) is 12.4 Å². The van der Waals surface area contributed by atoms with Crippen LogP contribution >= 0.6 is 11.3 Å². The third kappa shape index (κ3) is 3.33. The highest BCUT2D eigenvalue weighted by atomic mass is 32.1. The Morgan fingerprint density at radius 3 is 2.58 bits per heavy atom. The first-order valence-corrected chi connectivity index (χ1v) is 8.46. The lowest BCUT2D eigenvalue weighted by molar-refractivity contribution is 0.102. The summed E-state index contributed by atoms with van der Waals surface area (Å²) in [5, 5.41) is 4.79. The van der Waals surface area contributed by atoms with Gasteiger partial charge in [0, 0.05) is 11.5 Å². The van der Waals surface area contributed by atoms with Gasteiger partial charge in [-0.1, -0.05) is 19.9 Å². The van der Waals surface area contributed by atoms with Gasteiger partial charge in [-0.3, -0.25) is 10.1 Å². The number of rotatable bonds is 5. The highest BCUT2D eigenvalue weighted by molar-refractivity contribution is 7.13. The molecule has 2 heterocycles. The zero-order valence-corrected chi connectivity index (χ0v) is 14.5. The predicted molar refractivity (Wildman–Crippen MR) is 94.9 cm³/mol. The maximum atomic E-state index is 12.4. The summed E-state index contributed by atoms with van der Waals surface area (Å²) in [5.41, 5.74) is 1.26. The van der Waals surface area contributed by atoms with Gasteiger partial charge in [-0.25, -0.2) is 4.98 Å². The molecular weight excluding hydrogens is 324 g/mol. The first-order valence-electron chi connectivity index (χ1n) is 7.58. The summed E-state index contributed by atoms with van der Waals surface area (Å²) in [4.78, 5) is 17.9. The van der Waals surface area contributed by atoms with Crippen LogP contribution in [0.2, 0.25) is 0 Å². The number of hydrogen-bond donors (Lipinski definition) is 1. The molecule has 5 nitrogen and oxygen atoms in total. The van der Waals surface area contributed by atoms with Crippen LogP contribution < -0.4 is 10.1 Å². The minimum atomic E-state index is -0.242. The van der Waals surface area contributed by atoms with Gasteiger partial charge in [-0.2, -0.15) is 0 Å². The molecule has 3 aromatic rings. The van der Waals surface area contributed by atoms with E-state index in [1.807, 2.05) is 31.4 Å². The smallest absolute Gasteiger partial charge is 0.258 e. The summed E-state index contributed by atoms with van der Waals surface area (Å²) < 4.78 is 10.9. The van der Waals surface area contributed by atoms with Crippen LogP contribution in [0.4, 0.5) is 5.88 Å². The Morgan fingerprint density at radius 2 is 2.00 bits per heavy atom. The number of thiophene rings is 1. The van der Waals surface area contributed by atoms with Gasteiger partial charge in [0.15, 0.2) is 0 Å². The van der Waals surface area contributed by atoms with Crippen LogP contribution in [0, 0.1) is 0 Å². The van der Waals surface area contributed by atoms with E-state index >= 15 is 0 Å². The molecule has 1 amide bonds. The maximum absolute atomic E-state index is 12.4. The van der Waals surface area contributed by atoms with Gasteiger partial charge >= 0.3 is 0 Å². The molecule has 24 heavy (non-hydrogen) atoms. The molecule has 0 atom stereocenters. The minimum Gasteiger partial charge on any atom is -0.497 e. The van der Waals surface area contributed by atoms with E-state index in [-0.39, 0.29) is 11.8 Å². The lowest BCUT2D eigenvalue weighted by atomic mass is 10.1. The van der Waals surface area contributed by atoms with E-state index in [2.05, 4.69) is 10.3 Å². The summed E-state index contributed by atoms with van der Waals surface area (Å²) in [7, 11) is 1.59. The number of amides is 1. The van der Waals surface area contributed by atoms with Crippen LogP contribution in [0.3, 0.4) is 0 Å². The fraction of sp³-hybridized carbons (Fsp3) is 0.222. The molecule has 1 aromatic carbocycles. The van der Waals surface area contributed by atoms with Gasteiger partial charge in [0.1, 0.15) is 11.4 Å². The van der Waals surface area contributed by atoms with Crippen molar-refractivity contribution < 1.29 is 13.9 Å². The maximum Gasteiger partial charge on any atom is 0.258 e. The summed E-state index contributed by atoms with van der Waals surface area (Å²) in [5.74, 6) is 1.52. The highest BCUT2D eigenvalue weighted by Crippen LogP contribution is 2.32. The average molecular weight is 342 g/mol. The van der Waals surface area contributed by atoms with Crippen LogP contribution in [0.5, 0.6) is 5.75 Å². The van der Waals surface area contributed by atoms with Crippen molar-refractivity contribution in [1.82, 2.24) is 4.98 Å². The molecule has 6 heteroatoms. The molecule has 0 saturated carbocycles. The van der Waals surface area contributed by atoms with Crippen LogP contribution in [0.25, 0.3) is 10.8 Å². The molecule has 0 aliphatic heterocycles. The standard InChI is InChI=1S/C18H18N2O3S/c1-11(2)15-18(23-17(19-15)14-5-4-10-24-14)20-16(21)12-6-8-13(22-3)9-7-12/h4-11H,1-3H3,(H,20,21). The van der Waals surface area contributed by atoms with E-state index in [1.165, 1.54) is 0 Å². The quantitative estimate of drug-likeness (QED) is 0.724. The number of anilines is 1. The molecule has 0 fully saturated rings. The Bertz CT molecular complexity index is 821. The first-order chi connectivity index (χ1) is 11.6.